The molecule has 1 heterocycles. The van der Waals surface area contributed by atoms with E-state index in [0.717, 1.165) is 10.5 Å². The number of amides is 2. The van der Waals surface area contributed by atoms with Crippen LogP contribution >= 0.6 is 11.6 Å². The molecule has 2 aromatic rings. The molecule has 1 atom stereocenters. The quantitative estimate of drug-likeness (QED) is 0.834. The largest absolute Gasteiger partial charge is 0.497 e. The van der Waals surface area contributed by atoms with E-state index in [4.69, 9.17) is 16.3 Å². The van der Waals surface area contributed by atoms with Crippen molar-refractivity contribution < 1.29 is 14.3 Å². The zero-order valence-corrected chi connectivity index (χ0v) is 14.6. The monoisotopic (exact) mass is 356 g/mol. The van der Waals surface area contributed by atoms with Gasteiger partial charge in [0.15, 0.2) is 0 Å². The van der Waals surface area contributed by atoms with Crippen LogP contribution in [0.25, 0.3) is 0 Å². The number of ether oxygens (including phenoxy) is 1. The Bertz CT molecular complexity index is 849. The summed E-state index contributed by atoms with van der Waals surface area (Å²) in [5.41, 5.74) is 1.50. The molecule has 0 bridgehead atoms. The lowest BCUT2D eigenvalue weighted by Gasteiger charge is -2.18. The summed E-state index contributed by atoms with van der Waals surface area (Å²) in [5, 5.41) is 2.94. The van der Waals surface area contributed by atoms with Gasteiger partial charge in [0, 0.05) is 12.1 Å². The standard InChI is InChI=1S/C19H17ClN2O3/c1-12(13-7-4-3-5-8-13)21-17-16(20)18(23)22(19(17)24)14-9-6-10-15(11-14)25-2/h3-12,21H,1-2H3. The highest BCUT2D eigenvalue weighted by Gasteiger charge is 2.39. The molecule has 1 N–H and O–H groups in total. The molecular formula is C19H17ClN2O3. The molecular weight excluding hydrogens is 340 g/mol. The van der Waals surface area contributed by atoms with E-state index < -0.39 is 11.8 Å². The van der Waals surface area contributed by atoms with Crippen molar-refractivity contribution in [2.75, 3.05) is 12.0 Å². The molecule has 0 saturated heterocycles. The summed E-state index contributed by atoms with van der Waals surface area (Å²) in [6.45, 7) is 1.90. The number of methoxy groups -OCH3 is 1. The second-order valence-electron chi connectivity index (χ2n) is 5.61. The molecule has 1 aliphatic rings. The number of anilines is 1. The molecule has 0 fully saturated rings. The predicted molar refractivity (Wildman–Crippen MR) is 96.4 cm³/mol. The molecule has 2 amide bonds. The van der Waals surface area contributed by atoms with E-state index >= 15 is 0 Å². The molecule has 0 aromatic heterocycles. The zero-order valence-electron chi connectivity index (χ0n) is 13.8. The van der Waals surface area contributed by atoms with E-state index in [1.54, 1.807) is 24.3 Å². The van der Waals surface area contributed by atoms with Gasteiger partial charge in [0.2, 0.25) is 0 Å². The van der Waals surface area contributed by atoms with Crippen molar-refractivity contribution in [1.29, 1.82) is 0 Å². The molecule has 2 aromatic carbocycles. The minimum absolute atomic E-state index is 0.103. The molecule has 0 radical (unpaired) electrons. The van der Waals surface area contributed by atoms with Crippen molar-refractivity contribution in [3.8, 4) is 5.75 Å². The van der Waals surface area contributed by atoms with Gasteiger partial charge in [-0.25, -0.2) is 4.90 Å². The van der Waals surface area contributed by atoms with E-state index in [9.17, 15) is 9.59 Å². The fourth-order valence-electron chi connectivity index (χ4n) is 2.65. The van der Waals surface area contributed by atoms with Gasteiger partial charge in [0.25, 0.3) is 11.8 Å². The topological polar surface area (TPSA) is 58.6 Å². The van der Waals surface area contributed by atoms with Crippen LogP contribution in [-0.4, -0.2) is 18.9 Å². The smallest absolute Gasteiger partial charge is 0.283 e. The number of halogens is 1. The van der Waals surface area contributed by atoms with E-state index in [-0.39, 0.29) is 16.8 Å². The molecule has 25 heavy (non-hydrogen) atoms. The lowest BCUT2D eigenvalue weighted by atomic mass is 10.1. The van der Waals surface area contributed by atoms with E-state index in [2.05, 4.69) is 5.32 Å². The molecule has 128 valence electrons. The molecule has 3 rings (SSSR count). The van der Waals surface area contributed by atoms with Crippen LogP contribution in [0.3, 0.4) is 0 Å². The Morgan fingerprint density at radius 3 is 2.44 bits per heavy atom. The summed E-state index contributed by atoms with van der Waals surface area (Å²) in [5.74, 6) is -0.484. The number of hydrogen-bond acceptors (Lipinski definition) is 4. The molecule has 0 saturated carbocycles. The fraction of sp³-hybridized carbons (Fsp3) is 0.158. The number of imide groups is 1. The second-order valence-corrected chi connectivity index (χ2v) is 5.99. The second kappa shape index (κ2) is 6.99. The maximum atomic E-state index is 12.8. The highest BCUT2D eigenvalue weighted by molar-refractivity contribution is 6.52. The lowest BCUT2D eigenvalue weighted by molar-refractivity contribution is -0.120. The Morgan fingerprint density at radius 2 is 1.76 bits per heavy atom. The summed E-state index contributed by atoms with van der Waals surface area (Å²) >= 11 is 6.15. The van der Waals surface area contributed by atoms with Gasteiger partial charge in [-0.3, -0.25) is 9.59 Å². The van der Waals surface area contributed by atoms with Crippen molar-refractivity contribution in [2.45, 2.75) is 13.0 Å². The van der Waals surface area contributed by atoms with Gasteiger partial charge in [-0.1, -0.05) is 48.0 Å². The minimum atomic E-state index is -0.553. The summed E-state index contributed by atoms with van der Waals surface area (Å²) in [6, 6.07) is 16.2. The maximum absolute atomic E-state index is 12.8. The van der Waals surface area contributed by atoms with Crippen LogP contribution in [0, 0.1) is 0 Å². The van der Waals surface area contributed by atoms with Crippen LogP contribution in [-0.2, 0) is 9.59 Å². The third-order valence-electron chi connectivity index (χ3n) is 4.00. The first-order chi connectivity index (χ1) is 12.0. The van der Waals surface area contributed by atoms with Crippen molar-refractivity contribution in [2.24, 2.45) is 0 Å². The average molecular weight is 357 g/mol. The SMILES string of the molecule is COc1cccc(N2C(=O)C(Cl)=C(NC(C)c3ccccc3)C2=O)c1. The minimum Gasteiger partial charge on any atom is -0.497 e. The predicted octanol–water partition coefficient (Wildman–Crippen LogP) is 3.37. The molecule has 5 nitrogen and oxygen atoms in total. The van der Waals surface area contributed by atoms with Crippen molar-refractivity contribution in [1.82, 2.24) is 5.32 Å². The van der Waals surface area contributed by atoms with Gasteiger partial charge < -0.3 is 10.1 Å². The van der Waals surface area contributed by atoms with Crippen LogP contribution in [0.15, 0.2) is 65.3 Å². The van der Waals surface area contributed by atoms with Crippen molar-refractivity contribution in [3.63, 3.8) is 0 Å². The van der Waals surface area contributed by atoms with E-state index in [1.807, 2.05) is 37.3 Å². The Hall–Kier alpha value is -2.79. The molecule has 6 heteroatoms. The summed E-state index contributed by atoms with van der Waals surface area (Å²) in [6.07, 6.45) is 0. The number of nitrogens with zero attached hydrogens (tertiary/aromatic N) is 1. The van der Waals surface area contributed by atoms with Crippen LogP contribution in [0.4, 0.5) is 5.69 Å². The van der Waals surface area contributed by atoms with Gasteiger partial charge in [-0.2, -0.15) is 0 Å². The number of hydrogen-bond donors (Lipinski definition) is 1. The fourth-order valence-corrected chi connectivity index (χ4v) is 2.87. The molecule has 0 aliphatic carbocycles. The number of carbonyl (C=O) groups is 2. The van der Waals surface area contributed by atoms with Crippen LogP contribution in [0.5, 0.6) is 5.75 Å². The van der Waals surface area contributed by atoms with Crippen LogP contribution in [0.2, 0.25) is 0 Å². The lowest BCUT2D eigenvalue weighted by Crippen LogP contribution is -2.34. The number of benzene rings is 2. The van der Waals surface area contributed by atoms with Gasteiger partial charge in [-0.05, 0) is 24.6 Å². The first-order valence-electron chi connectivity index (χ1n) is 7.77. The third kappa shape index (κ3) is 3.23. The molecule has 0 spiro atoms. The maximum Gasteiger partial charge on any atom is 0.283 e. The first kappa shape index (κ1) is 17.0. The Morgan fingerprint density at radius 1 is 1.04 bits per heavy atom. The highest BCUT2D eigenvalue weighted by Crippen LogP contribution is 2.31. The van der Waals surface area contributed by atoms with Crippen molar-refractivity contribution in [3.05, 3.63) is 70.9 Å². The number of rotatable bonds is 5. The van der Waals surface area contributed by atoms with Crippen LogP contribution < -0.4 is 15.0 Å². The summed E-state index contributed by atoms with van der Waals surface area (Å²) in [7, 11) is 1.52. The third-order valence-corrected chi connectivity index (χ3v) is 4.35. The molecule has 1 aliphatic heterocycles. The summed E-state index contributed by atoms with van der Waals surface area (Å²) in [4.78, 5) is 26.3. The number of nitrogens with one attached hydrogen (secondary N) is 1. The Labute approximate surface area is 150 Å². The summed E-state index contributed by atoms with van der Waals surface area (Å²) < 4.78 is 5.15. The van der Waals surface area contributed by atoms with Gasteiger partial charge in [0.1, 0.15) is 16.5 Å². The van der Waals surface area contributed by atoms with Crippen molar-refractivity contribution >= 4 is 29.1 Å². The van der Waals surface area contributed by atoms with E-state index in [0.29, 0.717) is 11.4 Å². The molecule has 1 unspecified atom stereocenters. The van der Waals surface area contributed by atoms with E-state index in [1.165, 1.54) is 7.11 Å². The normalized spacial score (nSPS) is 15.6. The van der Waals surface area contributed by atoms with Gasteiger partial charge in [0.05, 0.1) is 12.8 Å². The average Bonchev–Trinajstić information content (AvgIpc) is 2.86. The highest BCUT2D eigenvalue weighted by atomic mass is 35.5. The zero-order chi connectivity index (χ0) is 18.0. The van der Waals surface area contributed by atoms with Crippen LogP contribution in [0.1, 0.15) is 18.5 Å². The first-order valence-corrected chi connectivity index (χ1v) is 8.15. The Balaban J connectivity index is 1.86. The Kier molecular flexibility index (Phi) is 4.76. The van der Waals surface area contributed by atoms with Gasteiger partial charge >= 0.3 is 0 Å². The number of carbonyl (C=O) groups excluding carboxylic acids is 2. The van der Waals surface area contributed by atoms with Gasteiger partial charge in [-0.15, -0.1) is 0 Å².